The molecule has 0 aromatic carbocycles. The summed E-state index contributed by atoms with van der Waals surface area (Å²) in [5.74, 6) is -0.965. The van der Waals surface area contributed by atoms with Crippen LogP contribution in [-0.4, -0.2) is 29.3 Å². The van der Waals surface area contributed by atoms with Gasteiger partial charge in [0.1, 0.15) is 5.01 Å². The minimum Gasteiger partial charge on any atom is -0.479 e. The van der Waals surface area contributed by atoms with Crippen molar-refractivity contribution >= 4 is 17.3 Å². The van der Waals surface area contributed by atoms with Gasteiger partial charge >= 0.3 is 5.97 Å². The molecule has 1 atom stereocenters. The zero-order valence-electron chi connectivity index (χ0n) is 8.35. The molecule has 1 unspecified atom stereocenters. The first-order valence-corrected chi connectivity index (χ1v) is 5.03. The first-order chi connectivity index (χ1) is 6.50. The third-order valence-electron chi connectivity index (χ3n) is 2.10. The molecule has 0 saturated heterocycles. The summed E-state index contributed by atoms with van der Waals surface area (Å²) in [7, 11) is 1.40. The molecule has 0 aliphatic heterocycles. The van der Waals surface area contributed by atoms with Crippen LogP contribution in [0.25, 0.3) is 0 Å². The molecule has 0 radical (unpaired) electrons. The highest BCUT2D eigenvalue weighted by molar-refractivity contribution is 7.09. The van der Waals surface area contributed by atoms with Crippen molar-refractivity contribution in [2.24, 2.45) is 0 Å². The summed E-state index contributed by atoms with van der Waals surface area (Å²) in [6.45, 7) is 3.63. The molecule has 78 valence electrons. The third-order valence-corrected chi connectivity index (χ3v) is 3.21. The highest BCUT2D eigenvalue weighted by Crippen LogP contribution is 2.30. The van der Waals surface area contributed by atoms with Crippen LogP contribution in [0.4, 0.5) is 0 Å². The normalized spacial score (nSPS) is 13.9. The van der Waals surface area contributed by atoms with Crippen LogP contribution in [0.1, 0.15) is 18.9 Å². The number of aliphatic carboxylic acids is 1. The zero-order chi connectivity index (χ0) is 10.8. The Bertz CT molecular complexity index is 308. The Morgan fingerprint density at radius 3 is 2.71 bits per heavy atom. The summed E-state index contributed by atoms with van der Waals surface area (Å²) in [6, 6.07) is 0. The van der Waals surface area contributed by atoms with Crippen molar-refractivity contribution in [3.63, 3.8) is 0 Å². The average molecular weight is 215 g/mol. The van der Waals surface area contributed by atoms with Crippen molar-refractivity contribution in [3.05, 3.63) is 16.6 Å². The highest BCUT2D eigenvalue weighted by atomic mass is 32.1. The van der Waals surface area contributed by atoms with Gasteiger partial charge in [0.05, 0.1) is 5.41 Å². The van der Waals surface area contributed by atoms with Gasteiger partial charge in [-0.05, 0) is 0 Å². The highest BCUT2D eigenvalue weighted by Gasteiger charge is 2.38. The number of hydrogen-bond acceptors (Lipinski definition) is 4. The van der Waals surface area contributed by atoms with E-state index in [2.05, 4.69) is 4.98 Å². The molecule has 0 spiro atoms. The number of rotatable bonds is 4. The van der Waals surface area contributed by atoms with Crippen molar-refractivity contribution in [1.82, 2.24) is 4.98 Å². The second-order valence-corrected chi connectivity index (χ2v) is 4.41. The molecular weight excluding hydrogens is 202 g/mol. The van der Waals surface area contributed by atoms with E-state index in [-0.39, 0.29) is 0 Å². The van der Waals surface area contributed by atoms with Crippen molar-refractivity contribution in [2.75, 3.05) is 7.11 Å². The van der Waals surface area contributed by atoms with Gasteiger partial charge in [-0.1, -0.05) is 13.8 Å². The number of carboxylic acid groups (broad SMARTS) is 1. The number of carbonyl (C=O) groups is 1. The maximum Gasteiger partial charge on any atom is 0.333 e. The Kier molecular flexibility index (Phi) is 3.23. The summed E-state index contributed by atoms with van der Waals surface area (Å²) in [5, 5.41) is 11.6. The van der Waals surface area contributed by atoms with E-state index >= 15 is 0 Å². The summed E-state index contributed by atoms with van der Waals surface area (Å²) in [6.07, 6.45) is 0.796. The molecule has 0 bridgehead atoms. The van der Waals surface area contributed by atoms with Crippen LogP contribution >= 0.6 is 11.3 Å². The van der Waals surface area contributed by atoms with Gasteiger partial charge in [0.25, 0.3) is 0 Å². The van der Waals surface area contributed by atoms with Gasteiger partial charge in [-0.2, -0.15) is 0 Å². The van der Waals surface area contributed by atoms with E-state index in [9.17, 15) is 4.79 Å². The van der Waals surface area contributed by atoms with E-state index in [4.69, 9.17) is 9.84 Å². The zero-order valence-corrected chi connectivity index (χ0v) is 9.17. The Hall–Kier alpha value is -0.940. The summed E-state index contributed by atoms with van der Waals surface area (Å²) >= 11 is 1.44. The van der Waals surface area contributed by atoms with Crippen molar-refractivity contribution in [2.45, 2.75) is 25.4 Å². The van der Waals surface area contributed by atoms with E-state index in [1.54, 1.807) is 6.20 Å². The predicted molar refractivity (Wildman–Crippen MR) is 53.6 cm³/mol. The molecule has 1 heterocycles. The number of carboxylic acids is 1. The molecule has 1 aromatic heterocycles. The van der Waals surface area contributed by atoms with Crippen LogP contribution in [0.2, 0.25) is 0 Å². The maximum atomic E-state index is 10.9. The van der Waals surface area contributed by atoms with Crippen LogP contribution in [0.3, 0.4) is 0 Å². The van der Waals surface area contributed by atoms with E-state index in [0.717, 1.165) is 5.01 Å². The third kappa shape index (κ3) is 1.93. The molecule has 0 aliphatic carbocycles. The first-order valence-electron chi connectivity index (χ1n) is 4.15. The van der Waals surface area contributed by atoms with E-state index in [1.807, 2.05) is 19.2 Å². The number of methoxy groups -OCH3 is 1. The van der Waals surface area contributed by atoms with Gasteiger partial charge in [0.2, 0.25) is 0 Å². The lowest BCUT2D eigenvalue weighted by Gasteiger charge is -2.27. The van der Waals surface area contributed by atoms with Gasteiger partial charge in [-0.15, -0.1) is 11.3 Å². The molecule has 0 saturated carbocycles. The molecule has 14 heavy (non-hydrogen) atoms. The fourth-order valence-electron chi connectivity index (χ4n) is 1.36. The van der Waals surface area contributed by atoms with Gasteiger partial charge in [0.15, 0.2) is 6.10 Å². The molecule has 0 amide bonds. The topological polar surface area (TPSA) is 59.4 Å². The summed E-state index contributed by atoms with van der Waals surface area (Å²) in [5.41, 5.74) is -0.602. The number of aromatic nitrogens is 1. The van der Waals surface area contributed by atoms with Gasteiger partial charge in [-0.25, -0.2) is 9.78 Å². The number of hydrogen-bond donors (Lipinski definition) is 1. The average Bonchev–Trinajstić information content (AvgIpc) is 2.55. The fraction of sp³-hybridized carbons (Fsp3) is 0.556. The lowest BCUT2D eigenvalue weighted by molar-refractivity contribution is -0.152. The SMILES string of the molecule is COC(C(=O)O)C(C)(C)c1nccs1. The van der Waals surface area contributed by atoms with Crippen LogP contribution in [0.5, 0.6) is 0 Å². The van der Waals surface area contributed by atoms with Crippen LogP contribution < -0.4 is 0 Å². The minimum atomic E-state index is -0.965. The Morgan fingerprint density at radius 2 is 2.36 bits per heavy atom. The van der Waals surface area contributed by atoms with Crippen molar-refractivity contribution in [1.29, 1.82) is 0 Å². The first kappa shape index (κ1) is 11.1. The van der Waals surface area contributed by atoms with E-state index in [1.165, 1.54) is 18.4 Å². The fourth-order valence-corrected chi connectivity index (χ4v) is 2.14. The van der Waals surface area contributed by atoms with Crippen molar-refractivity contribution in [3.8, 4) is 0 Å². The number of ether oxygens (including phenoxy) is 1. The summed E-state index contributed by atoms with van der Waals surface area (Å²) in [4.78, 5) is 15.0. The Balaban J connectivity index is 2.99. The lowest BCUT2D eigenvalue weighted by atomic mass is 9.87. The minimum absolute atomic E-state index is 0.602. The smallest absolute Gasteiger partial charge is 0.333 e. The van der Waals surface area contributed by atoms with Crippen LogP contribution in [-0.2, 0) is 14.9 Å². The molecular formula is C9H13NO3S. The maximum absolute atomic E-state index is 10.9. The standard InChI is InChI=1S/C9H13NO3S/c1-9(2,6(13-3)7(11)12)8-10-4-5-14-8/h4-6H,1-3H3,(H,11,12). The monoisotopic (exact) mass is 215 g/mol. The van der Waals surface area contributed by atoms with E-state index < -0.39 is 17.5 Å². The predicted octanol–water partition coefficient (Wildman–Crippen LogP) is 1.52. The van der Waals surface area contributed by atoms with Crippen LogP contribution in [0.15, 0.2) is 11.6 Å². The lowest BCUT2D eigenvalue weighted by Crippen LogP contribution is -2.41. The Morgan fingerprint density at radius 1 is 1.71 bits per heavy atom. The molecule has 1 rings (SSSR count). The molecule has 4 nitrogen and oxygen atoms in total. The molecule has 0 aliphatic rings. The van der Waals surface area contributed by atoms with Gasteiger partial charge in [0, 0.05) is 18.7 Å². The second kappa shape index (κ2) is 4.06. The molecule has 1 N–H and O–H groups in total. The van der Waals surface area contributed by atoms with E-state index in [0.29, 0.717) is 0 Å². The quantitative estimate of drug-likeness (QED) is 0.827. The largest absolute Gasteiger partial charge is 0.479 e. The molecule has 5 heteroatoms. The molecule has 0 fully saturated rings. The van der Waals surface area contributed by atoms with Crippen LogP contribution in [0, 0.1) is 0 Å². The molecule has 1 aromatic rings. The van der Waals surface area contributed by atoms with Gasteiger partial charge < -0.3 is 9.84 Å². The van der Waals surface area contributed by atoms with Gasteiger partial charge in [-0.3, -0.25) is 0 Å². The summed E-state index contributed by atoms with van der Waals surface area (Å²) < 4.78 is 4.97. The number of thiazole rings is 1. The number of nitrogens with zero attached hydrogens (tertiary/aromatic N) is 1. The van der Waals surface area contributed by atoms with Crippen molar-refractivity contribution < 1.29 is 14.6 Å². The Labute approximate surface area is 86.6 Å². The second-order valence-electron chi connectivity index (χ2n) is 3.51.